The second-order valence-corrected chi connectivity index (χ2v) is 7.86. The monoisotopic (exact) mass is 397 g/mol. The van der Waals surface area contributed by atoms with E-state index in [2.05, 4.69) is 9.71 Å². The zero-order valence-corrected chi connectivity index (χ0v) is 15.0. The first kappa shape index (κ1) is 17.6. The van der Waals surface area contributed by atoms with E-state index in [-0.39, 0.29) is 16.3 Å². The lowest BCUT2D eigenvalue weighted by Gasteiger charge is -2.11. The molecule has 0 aliphatic carbocycles. The number of sulfonamides is 1. The van der Waals surface area contributed by atoms with E-state index in [0.717, 1.165) is 0 Å². The van der Waals surface area contributed by atoms with Gasteiger partial charge in [-0.3, -0.25) is 9.52 Å². The SMILES string of the molecule is NC(=O)Cc1ccc(S(=O)(=O)Nc2cccc3c(Cl)c[nH]c23)cc1Cl. The fourth-order valence-electron chi connectivity index (χ4n) is 2.44. The molecule has 0 bridgehead atoms. The second-order valence-electron chi connectivity index (χ2n) is 5.37. The van der Waals surface area contributed by atoms with Crippen LogP contribution in [0.3, 0.4) is 0 Å². The van der Waals surface area contributed by atoms with Crippen LogP contribution in [0.25, 0.3) is 10.9 Å². The Hall–Kier alpha value is -2.22. The maximum atomic E-state index is 12.6. The van der Waals surface area contributed by atoms with Gasteiger partial charge in [-0.05, 0) is 23.8 Å². The van der Waals surface area contributed by atoms with Gasteiger partial charge in [-0.15, -0.1) is 0 Å². The standard InChI is InChI=1S/C16H13Cl2N3O3S/c17-12-7-10(5-4-9(12)6-15(19)22)25(23,24)21-14-3-1-2-11-13(18)8-20-16(11)14/h1-5,7-8,20-21H,6H2,(H2,19,22). The molecule has 25 heavy (non-hydrogen) atoms. The number of para-hydroxylation sites is 1. The molecule has 4 N–H and O–H groups in total. The number of fused-ring (bicyclic) bond motifs is 1. The van der Waals surface area contributed by atoms with Gasteiger partial charge in [-0.2, -0.15) is 0 Å². The molecule has 130 valence electrons. The van der Waals surface area contributed by atoms with Crippen LogP contribution in [0.4, 0.5) is 5.69 Å². The summed E-state index contributed by atoms with van der Waals surface area (Å²) in [6.07, 6.45) is 1.52. The van der Waals surface area contributed by atoms with Crippen molar-refractivity contribution in [1.82, 2.24) is 4.98 Å². The predicted octanol–water partition coefficient (Wildman–Crippen LogP) is 3.30. The van der Waals surface area contributed by atoms with Crippen molar-refractivity contribution in [3.63, 3.8) is 0 Å². The van der Waals surface area contributed by atoms with Gasteiger partial charge in [-0.25, -0.2) is 8.42 Å². The van der Waals surface area contributed by atoms with Crippen LogP contribution in [0.5, 0.6) is 0 Å². The highest BCUT2D eigenvalue weighted by Gasteiger charge is 2.18. The van der Waals surface area contributed by atoms with Crippen molar-refractivity contribution in [2.75, 3.05) is 4.72 Å². The number of nitrogens with one attached hydrogen (secondary N) is 2. The Morgan fingerprint density at radius 3 is 2.60 bits per heavy atom. The molecule has 1 heterocycles. The summed E-state index contributed by atoms with van der Waals surface area (Å²) in [4.78, 5) is 13.9. The molecule has 0 saturated heterocycles. The fraction of sp³-hybridized carbons (Fsp3) is 0.0625. The van der Waals surface area contributed by atoms with Gasteiger partial charge in [0.1, 0.15) is 0 Å². The topological polar surface area (TPSA) is 105 Å². The van der Waals surface area contributed by atoms with Crippen molar-refractivity contribution in [3.8, 4) is 0 Å². The average molecular weight is 398 g/mol. The van der Waals surface area contributed by atoms with Crippen molar-refractivity contribution >= 4 is 55.7 Å². The van der Waals surface area contributed by atoms with E-state index in [1.807, 2.05) is 0 Å². The molecule has 6 nitrogen and oxygen atoms in total. The summed E-state index contributed by atoms with van der Waals surface area (Å²) < 4.78 is 27.8. The molecule has 0 radical (unpaired) electrons. The Morgan fingerprint density at radius 2 is 1.92 bits per heavy atom. The molecule has 3 aromatic rings. The van der Waals surface area contributed by atoms with Gasteiger partial charge in [0, 0.05) is 16.6 Å². The lowest BCUT2D eigenvalue weighted by Crippen LogP contribution is -2.15. The number of primary amides is 1. The van der Waals surface area contributed by atoms with E-state index < -0.39 is 15.9 Å². The number of benzene rings is 2. The number of aromatic nitrogens is 1. The van der Waals surface area contributed by atoms with Gasteiger partial charge in [0.15, 0.2) is 0 Å². The van der Waals surface area contributed by atoms with Crippen molar-refractivity contribution in [2.24, 2.45) is 5.73 Å². The lowest BCUT2D eigenvalue weighted by molar-refractivity contribution is -0.117. The number of halogens is 2. The third-order valence-electron chi connectivity index (χ3n) is 3.61. The van der Waals surface area contributed by atoms with Crippen LogP contribution in [0.2, 0.25) is 10.0 Å². The fourth-order valence-corrected chi connectivity index (χ4v) is 4.06. The Bertz CT molecular complexity index is 1080. The molecule has 0 spiro atoms. The molecule has 9 heteroatoms. The minimum atomic E-state index is -3.88. The van der Waals surface area contributed by atoms with E-state index in [0.29, 0.717) is 27.2 Å². The van der Waals surface area contributed by atoms with Gasteiger partial charge in [-0.1, -0.05) is 41.4 Å². The summed E-state index contributed by atoms with van der Waals surface area (Å²) in [5.41, 5.74) is 6.54. The highest BCUT2D eigenvalue weighted by molar-refractivity contribution is 7.92. The van der Waals surface area contributed by atoms with Crippen LogP contribution in [-0.2, 0) is 21.2 Å². The van der Waals surface area contributed by atoms with Crippen molar-refractivity contribution < 1.29 is 13.2 Å². The number of carbonyl (C=O) groups is 1. The number of amides is 1. The van der Waals surface area contributed by atoms with Gasteiger partial charge in [0.2, 0.25) is 5.91 Å². The van der Waals surface area contributed by atoms with E-state index in [1.54, 1.807) is 24.4 Å². The highest BCUT2D eigenvalue weighted by atomic mass is 35.5. The molecule has 0 aliphatic heterocycles. The second kappa shape index (κ2) is 6.59. The quantitative estimate of drug-likeness (QED) is 0.614. The van der Waals surface area contributed by atoms with Crippen LogP contribution >= 0.6 is 23.2 Å². The Morgan fingerprint density at radius 1 is 1.16 bits per heavy atom. The molecular weight excluding hydrogens is 385 g/mol. The van der Waals surface area contributed by atoms with Gasteiger partial charge < -0.3 is 10.7 Å². The Kier molecular flexibility index (Phi) is 4.64. The first-order chi connectivity index (χ1) is 11.8. The van der Waals surface area contributed by atoms with E-state index in [1.165, 1.54) is 18.2 Å². The van der Waals surface area contributed by atoms with Crippen LogP contribution < -0.4 is 10.5 Å². The summed E-state index contributed by atoms with van der Waals surface area (Å²) in [5, 5.41) is 1.36. The molecule has 0 atom stereocenters. The first-order valence-electron chi connectivity index (χ1n) is 7.13. The Labute approximate surface area is 154 Å². The molecule has 1 aromatic heterocycles. The van der Waals surface area contributed by atoms with Crippen LogP contribution in [-0.4, -0.2) is 19.3 Å². The number of nitrogens with two attached hydrogens (primary N) is 1. The summed E-state index contributed by atoms with van der Waals surface area (Å²) in [7, 11) is -3.88. The van der Waals surface area contributed by atoms with Crippen LogP contribution in [0.15, 0.2) is 47.5 Å². The van der Waals surface area contributed by atoms with Crippen molar-refractivity contribution in [2.45, 2.75) is 11.3 Å². The van der Waals surface area contributed by atoms with Crippen LogP contribution in [0, 0.1) is 0 Å². The average Bonchev–Trinajstić information content (AvgIpc) is 2.91. The molecule has 0 unspecified atom stereocenters. The molecule has 0 aliphatic rings. The Balaban J connectivity index is 1.96. The number of aromatic amines is 1. The zero-order valence-electron chi connectivity index (χ0n) is 12.7. The normalized spacial score (nSPS) is 11.6. The van der Waals surface area contributed by atoms with Gasteiger partial charge in [0.25, 0.3) is 10.0 Å². The number of hydrogen-bond acceptors (Lipinski definition) is 3. The van der Waals surface area contributed by atoms with Gasteiger partial charge >= 0.3 is 0 Å². The van der Waals surface area contributed by atoms with Crippen molar-refractivity contribution in [1.29, 1.82) is 0 Å². The van der Waals surface area contributed by atoms with E-state index in [4.69, 9.17) is 28.9 Å². The molecular formula is C16H13Cl2N3O3S. The lowest BCUT2D eigenvalue weighted by atomic mass is 10.1. The number of carbonyl (C=O) groups excluding carboxylic acids is 1. The minimum Gasteiger partial charge on any atom is -0.369 e. The van der Waals surface area contributed by atoms with E-state index in [9.17, 15) is 13.2 Å². The summed E-state index contributed by atoms with van der Waals surface area (Å²) >= 11 is 12.1. The zero-order chi connectivity index (χ0) is 18.2. The maximum Gasteiger partial charge on any atom is 0.262 e. The molecule has 3 rings (SSSR count). The third-order valence-corrected chi connectivity index (χ3v) is 5.64. The number of rotatable bonds is 5. The number of H-pyrrole nitrogens is 1. The molecule has 0 saturated carbocycles. The smallest absolute Gasteiger partial charge is 0.262 e. The van der Waals surface area contributed by atoms with Gasteiger partial charge in [0.05, 0.1) is 27.5 Å². The van der Waals surface area contributed by atoms with Crippen molar-refractivity contribution in [3.05, 3.63) is 58.2 Å². The summed E-state index contributed by atoms with van der Waals surface area (Å²) in [6, 6.07) is 9.21. The maximum absolute atomic E-state index is 12.6. The highest BCUT2D eigenvalue weighted by Crippen LogP contribution is 2.30. The summed E-state index contributed by atoms with van der Waals surface area (Å²) in [6.45, 7) is 0. The third kappa shape index (κ3) is 3.58. The number of hydrogen-bond donors (Lipinski definition) is 3. The molecule has 2 aromatic carbocycles. The molecule has 0 fully saturated rings. The minimum absolute atomic E-state index is 0.0274. The first-order valence-corrected chi connectivity index (χ1v) is 9.37. The number of anilines is 1. The summed E-state index contributed by atoms with van der Waals surface area (Å²) in [5.74, 6) is -0.550. The van der Waals surface area contributed by atoms with E-state index >= 15 is 0 Å². The molecule has 1 amide bonds. The van der Waals surface area contributed by atoms with Crippen LogP contribution in [0.1, 0.15) is 5.56 Å². The largest absolute Gasteiger partial charge is 0.369 e. The predicted molar refractivity (Wildman–Crippen MR) is 98.5 cm³/mol.